The van der Waals surface area contributed by atoms with Gasteiger partial charge >= 0.3 is 23.9 Å². The van der Waals surface area contributed by atoms with E-state index in [-0.39, 0.29) is 38.3 Å². The molecule has 1 heterocycles. The van der Waals surface area contributed by atoms with Crippen molar-refractivity contribution in [1.82, 2.24) is 0 Å². The smallest absolute Gasteiger partial charge is 0.320 e. The molecule has 1 saturated heterocycles. The summed E-state index contributed by atoms with van der Waals surface area (Å²) in [5.74, 6) is -3.91. The molecular formula is C21H34O10. The van der Waals surface area contributed by atoms with Crippen molar-refractivity contribution >= 4 is 23.9 Å². The summed E-state index contributed by atoms with van der Waals surface area (Å²) < 4.78 is 32.4. The van der Waals surface area contributed by atoms with E-state index in [4.69, 9.17) is 28.4 Å². The Kier molecular flexibility index (Phi) is 11.5. The minimum absolute atomic E-state index is 0.0190. The van der Waals surface area contributed by atoms with Crippen LogP contribution in [0.1, 0.15) is 54.4 Å². The molecule has 0 aliphatic carbocycles. The molecular weight excluding hydrogens is 412 g/mol. The van der Waals surface area contributed by atoms with Crippen molar-refractivity contribution in [3.8, 4) is 0 Å². The fraction of sp³-hybridized carbons (Fsp3) is 0.810. The van der Waals surface area contributed by atoms with Crippen LogP contribution in [0.25, 0.3) is 0 Å². The Bertz CT molecular complexity index is 601. The maximum atomic E-state index is 12.1. The molecule has 5 atom stereocenters. The minimum Gasteiger partial charge on any atom is -0.465 e. The Morgan fingerprint density at radius 2 is 1.39 bits per heavy atom. The Labute approximate surface area is 182 Å². The van der Waals surface area contributed by atoms with Crippen LogP contribution in [0.15, 0.2) is 0 Å². The molecule has 0 amide bonds. The van der Waals surface area contributed by atoms with Crippen LogP contribution < -0.4 is 0 Å². The van der Waals surface area contributed by atoms with Gasteiger partial charge in [-0.1, -0.05) is 13.8 Å². The van der Waals surface area contributed by atoms with Gasteiger partial charge in [0.05, 0.1) is 25.9 Å². The van der Waals surface area contributed by atoms with Gasteiger partial charge in [-0.05, 0) is 26.7 Å². The maximum Gasteiger partial charge on any atom is 0.320 e. The number of rotatable bonds is 11. The normalized spacial score (nSPS) is 25.6. The standard InChI is InChI=1S/C21H34O10/c1-7-16-12(4)17(29-13(5)22)18(30-14(6)23)21(31-16)28-11-10-15(19(24)26-8-2)20(25)27-9-3/h12,15-18,21H,7-11H2,1-6H3/t12-,16-,17+,18-,21?/m1/s1. The molecule has 10 heteroatoms. The van der Waals surface area contributed by atoms with Crippen molar-refractivity contribution < 1.29 is 47.6 Å². The highest BCUT2D eigenvalue weighted by Gasteiger charge is 2.48. The molecule has 1 rings (SSSR count). The molecule has 1 aliphatic heterocycles. The number of ether oxygens (including phenoxy) is 6. The predicted octanol–water partition coefficient (Wildman–Crippen LogP) is 1.77. The Balaban J connectivity index is 2.96. The first-order valence-electron chi connectivity index (χ1n) is 10.6. The molecule has 1 unspecified atom stereocenters. The highest BCUT2D eigenvalue weighted by molar-refractivity contribution is 5.94. The van der Waals surface area contributed by atoms with E-state index in [9.17, 15) is 19.2 Å². The summed E-state index contributed by atoms with van der Waals surface area (Å²) in [6.45, 7) is 9.69. The molecule has 0 saturated carbocycles. The van der Waals surface area contributed by atoms with Gasteiger partial charge in [0.1, 0.15) is 6.10 Å². The van der Waals surface area contributed by atoms with Gasteiger partial charge in [0.25, 0.3) is 0 Å². The summed E-state index contributed by atoms with van der Waals surface area (Å²) in [5.41, 5.74) is 0. The summed E-state index contributed by atoms with van der Waals surface area (Å²) >= 11 is 0. The molecule has 10 nitrogen and oxygen atoms in total. The minimum atomic E-state index is -1.15. The average molecular weight is 446 g/mol. The average Bonchev–Trinajstić information content (AvgIpc) is 2.69. The van der Waals surface area contributed by atoms with Gasteiger partial charge in [0, 0.05) is 19.8 Å². The van der Waals surface area contributed by atoms with Crippen LogP contribution in [0.4, 0.5) is 0 Å². The summed E-state index contributed by atoms with van der Waals surface area (Å²) in [6.07, 6.45) is -2.53. The molecule has 0 radical (unpaired) electrons. The molecule has 0 aromatic carbocycles. The molecule has 1 aliphatic rings. The second-order valence-corrected chi connectivity index (χ2v) is 7.17. The number of hydrogen-bond donors (Lipinski definition) is 0. The van der Waals surface area contributed by atoms with Crippen molar-refractivity contribution in [2.24, 2.45) is 11.8 Å². The van der Waals surface area contributed by atoms with E-state index in [0.717, 1.165) is 0 Å². The Morgan fingerprint density at radius 3 is 1.84 bits per heavy atom. The molecule has 31 heavy (non-hydrogen) atoms. The van der Waals surface area contributed by atoms with E-state index in [1.807, 2.05) is 13.8 Å². The third kappa shape index (κ3) is 8.10. The Morgan fingerprint density at radius 1 is 0.871 bits per heavy atom. The SMILES string of the molecule is CCOC(=O)C(CCOC1O[C@H](CC)[C@@H](C)[C@H](OC(C)=O)[C@H]1OC(C)=O)C(=O)OCC. The highest BCUT2D eigenvalue weighted by atomic mass is 16.7. The predicted molar refractivity (Wildman–Crippen MR) is 107 cm³/mol. The van der Waals surface area contributed by atoms with Crippen molar-refractivity contribution in [2.75, 3.05) is 19.8 Å². The van der Waals surface area contributed by atoms with Gasteiger partial charge < -0.3 is 28.4 Å². The summed E-state index contributed by atoms with van der Waals surface area (Å²) in [7, 11) is 0. The van der Waals surface area contributed by atoms with Crippen LogP contribution in [0.5, 0.6) is 0 Å². The molecule has 1 fully saturated rings. The maximum absolute atomic E-state index is 12.1. The number of carbonyl (C=O) groups excluding carboxylic acids is 4. The first-order chi connectivity index (χ1) is 14.7. The molecule has 0 aromatic rings. The van der Waals surface area contributed by atoms with Crippen LogP contribution in [-0.4, -0.2) is 68.3 Å². The fourth-order valence-electron chi connectivity index (χ4n) is 3.44. The summed E-state index contributed by atoms with van der Waals surface area (Å²) in [6, 6.07) is 0. The van der Waals surface area contributed by atoms with Gasteiger partial charge in [0.2, 0.25) is 0 Å². The molecule has 178 valence electrons. The lowest BCUT2D eigenvalue weighted by Gasteiger charge is -2.44. The van der Waals surface area contributed by atoms with Gasteiger partial charge in [-0.25, -0.2) is 0 Å². The van der Waals surface area contributed by atoms with Gasteiger partial charge in [-0.2, -0.15) is 0 Å². The lowest BCUT2D eigenvalue weighted by Crippen LogP contribution is -2.57. The van der Waals surface area contributed by atoms with Crippen LogP contribution >= 0.6 is 0 Å². The fourth-order valence-corrected chi connectivity index (χ4v) is 3.44. The zero-order valence-corrected chi connectivity index (χ0v) is 19.1. The lowest BCUT2D eigenvalue weighted by molar-refractivity contribution is -0.290. The molecule has 0 aromatic heterocycles. The number of carbonyl (C=O) groups is 4. The van der Waals surface area contributed by atoms with Gasteiger partial charge in [-0.3, -0.25) is 19.2 Å². The second-order valence-electron chi connectivity index (χ2n) is 7.17. The van der Waals surface area contributed by atoms with E-state index < -0.39 is 48.3 Å². The van der Waals surface area contributed by atoms with E-state index in [1.165, 1.54) is 13.8 Å². The zero-order chi connectivity index (χ0) is 23.6. The molecule has 0 spiro atoms. The lowest BCUT2D eigenvalue weighted by atomic mass is 9.89. The van der Waals surface area contributed by atoms with Crippen LogP contribution in [-0.2, 0) is 47.6 Å². The summed E-state index contributed by atoms with van der Waals surface area (Å²) in [5, 5.41) is 0. The topological polar surface area (TPSA) is 124 Å². The Hall–Kier alpha value is -2.20. The third-order valence-corrected chi connectivity index (χ3v) is 4.84. The highest BCUT2D eigenvalue weighted by Crippen LogP contribution is 2.32. The van der Waals surface area contributed by atoms with E-state index in [0.29, 0.717) is 6.42 Å². The number of hydrogen-bond acceptors (Lipinski definition) is 10. The van der Waals surface area contributed by atoms with E-state index in [2.05, 4.69) is 0 Å². The van der Waals surface area contributed by atoms with Gasteiger partial charge in [0.15, 0.2) is 18.3 Å². The van der Waals surface area contributed by atoms with Gasteiger partial charge in [-0.15, -0.1) is 0 Å². The molecule has 0 bridgehead atoms. The number of esters is 4. The first-order valence-corrected chi connectivity index (χ1v) is 10.6. The third-order valence-electron chi connectivity index (χ3n) is 4.84. The van der Waals surface area contributed by atoms with E-state index >= 15 is 0 Å². The van der Waals surface area contributed by atoms with Crippen molar-refractivity contribution in [2.45, 2.75) is 79.0 Å². The van der Waals surface area contributed by atoms with Crippen LogP contribution in [0.3, 0.4) is 0 Å². The summed E-state index contributed by atoms with van der Waals surface area (Å²) in [4.78, 5) is 47.5. The second kappa shape index (κ2) is 13.3. The van der Waals surface area contributed by atoms with Crippen LogP contribution in [0, 0.1) is 11.8 Å². The monoisotopic (exact) mass is 446 g/mol. The van der Waals surface area contributed by atoms with E-state index in [1.54, 1.807) is 13.8 Å². The zero-order valence-electron chi connectivity index (χ0n) is 19.1. The van der Waals surface area contributed by atoms with Crippen molar-refractivity contribution in [1.29, 1.82) is 0 Å². The largest absolute Gasteiger partial charge is 0.465 e. The first kappa shape index (κ1) is 26.8. The molecule has 0 N–H and O–H groups in total. The van der Waals surface area contributed by atoms with Crippen molar-refractivity contribution in [3.63, 3.8) is 0 Å². The quantitative estimate of drug-likeness (QED) is 0.263. The van der Waals surface area contributed by atoms with Crippen molar-refractivity contribution in [3.05, 3.63) is 0 Å². The van der Waals surface area contributed by atoms with Crippen LogP contribution in [0.2, 0.25) is 0 Å².